The highest BCUT2D eigenvalue weighted by molar-refractivity contribution is 5.96. The van der Waals surface area contributed by atoms with Crippen molar-refractivity contribution in [1.29, 1.82) is 0 Å². The standard InChI is InChI=1S/C27H41N3O6/c1-3-35-25(33)27-16-19(27)11-7-5-4-6-8-14-21(28-26(34)36-20-12-9-10-13-20)24(32)30-17-18(2)15-22(30)23(31)29-27/h7,11,18-22H,3-6,8-10,12-17H2,1-2H3,(H,28,34)(H,29,31)/b11-7-/t18-,19?,21-,22-,27+/m0/s1. The molecular formula is C27H41N3O6. The van der Waals surface area contributed by atoms with E-state index in [1.807, 2.05) is 13.0 Å². The fourth-order valence-corrected chi connectivity index (χ4v) is 5.89. The molecule has 3 amide bonds. The molecular weight excluding hydrogens is 462 g/mol. The van der Waals surface area contributed by atoms with Crippen molar-refractivity contribution in [3.05, 3.63) is 12.2 Å². The van der Waals surface area contributed by atoms with Gasteiger partial charge in [0.25, 0.3) is 0 Å². The van der Waals surface area contributed by atoms with Gasteiger partial charge in [-0.3, -0.25) is 9.59 Å². The summed E-state index contributed by atoms with van der Waals surface area (Å²) >= 11 is 0. The molecule has 2 N–H and O–H groups in total. The lowest BCUT2D eigenvalue weighted by Gasteiger charge is -2.30. The van der Waals surface area contributed by atoms with Gasteiger partial charge in [-0.15, -0.1) is 0 Å². The monoisotopic (exact) mass is 503 g/mol. The molecule has 0 spiro atoms. The zero-order valence-corrected chi connectivity index (χ0v) is 21.6. The van der Waals surface area contributed by atoms with Gasteiger partial charge in [-0.2, -0.15) is 0 Å². The number of esters is 1. The molecule has 9 heteroatoms. The third-order valence-corrected chi connectivity index (χ3v) is 7.99. The molecule has 3 fully saturated rings. The van der Waals surface area contributed by atoms with Crippen LogP contribution >= 0.6 is 0 Å². The van der Waals surface area contributed by atoms with Crippen LogP contribution in [-0.4, -0.2) is 65.7 Å². The molecule has 2 saturated carbocycles. The molecule has 2 aliphatic carbocycles. The zero-order valence-electron chi connectivity index (χ0n) is 21.6. The van der Waals surface area contributed by atoms with Crippen molar-refractivity contribution in [2.45, 2.75) is 108 Å². The topological polar surface area (TPSA) is 114 Å². The highest BCUT2D eigenvalue weighted by Crippen LogP contribution is 2.46. The molecule has 0 aromatic heterocycles. The van der Waals surface area contributed by atoms with Crippen LogP contribution in [0.2, 0.25) is 0 Å². The lowest BCUT2D eigenvalue weighted by atomic mass is 10.0. The van der Waals surface area contributed by atoms with Crippen LogP contribution in [0.3, 0.4) is 0 Å². The van der Waals surface area contributed by atoms with E-state index in [4.69, 9.17) is 9.47 Å². The van der Waals surface area contributed by atoms with Gasteiger partial charge >= 0.3 is 12.1 Å². The van der Waals surface area contributed by atoms with Crippen LogP contribution < -0.4 is 10.6 Å². The molecule has 0 bridgehead atoms. The summed E-state index contributed by atoms with van der Waals surface area (Å²) in [5.74, 6) is -0.987. The van der Waals surface area contributed by atoms with Gasteiger partial charge in [-0.25, -0.2) is 9.59 Å². The Kier molecular flexibility index (Phi) is 8.57. The molecule has 0 radical (unpaired) electrons. The summed E-state index contributed by atoms with van der Waals surface area (Å²) in [6.07, 6.45) is 12.2. The number of ether oxygens (including phenoxy) is 2. The van der Waals surface area contributed by atoms with Crippen molar-refractivity contribution in [2.75, 3.05) is 13.2 Å². The van der Waals surface area contributed by atoms with Crippen LogP contribution in [0.5, 0.6) is 0 Å². The number of alkyl carbamates (subject to hydrolysis) is 1. The second-order valence-corrected chi connectivity index (χ2v) is 10.9. The van der Waals surface area contributed by atoms with Crippen molar-refractivity contribution in [2.24, 2.45) is 11.8 Å². The van der Waals surface area contributed by atoms with Crippen molar-refractivity contribution >= 4 is 23.9 Å². The Labute approximate surface area is 213 Å². The third-order valence-electron chi connectivity index (χ3n) is 7.99. The Balaban J connectivity index is 1.52. The summed E-state index contributed by atoms with van der Waals surface area (Å²) in [5, 5.41) is 5.78. The largest absolute Gasteiger partial charge is 0.464 e. The Hall–Kier alpha value is -2.58. The number of hydrogen-bond acceptors (Lipinski definition) is 6. The highest BCUT2D eigenvalue weighted by atomic mass is 16.6. The fourth-order valence-electron chi connectivity index (χ4n) is 5.89. The maximum Gasteiger partial charge on any atom is 0.408 e. The number of fused-ring (bicyclic) bond motifs is 2. The quantitative estimate of drug-likeness (QED) is 0.450. The Morgan fingerprint density at radius 1 is 1.14 bits per heavy atom. The Bertz CT molecular complexity index is 870. The lowest BCUT2D eigenvalue weighted by molar-refractivity contribution is -0.150. The van der Waals surface area contributed by atoms with Crippen LogP contribution in [-0.2, 0) is 23.9 Å². The van der Waals surface area contributed by atoms with E-state index in [0.29, 0.717) is 25.8 Å². The summed E-state index contributed by atoms with van der Waals surface area (Å²) in [5.41, 5.74) is -1.06. The first kappa shape index (κ1) is 26.5. The first-order valence-electron chi connectivity index (χ1n) is 13.8. The average Bonchev–Trinajstić information content (AvgIpc) is 3.13. The number of carbonyl (C=O) groups excluding carboxylic acids is 4. The van der Waals surface area contributed by atoms with E-state index >= 15 is 0 Å². The summed E-state index contributed by atoms with van der Waals surface area (Å²) in [4.78, 5) is 54.2. The first-order valence-corrected chi connectivity index (χ1v) is 13.8. The normalized spacial score (nSPS) is 34.4. The minimum Gasteiger partial charge on any atom is -0.464 e. The second kappa shape index (κ2) is 11.6. The van der Waals surface area contributed by atoms with Crippen molar-refractivity contribution < 1.29 is 28.7 Å². The van der Waals surface area contributed by atoms with Gasteiger partial charge < -0.3 is 25.0 Å². The van der Waals surface area contributed by atoms with Crippen molar-refractivity contribution in [3.8, 4) is 0 Å². The van der Waals surface area contributed by atoms with E-state index in [-0.39, 0.29) is 36.4 Å². The summed E-state index contributed by atoms with van der Waals surface area (Å²) in [7, 11) is 0. The van der Waals surface area contributed by atoms with E-state index in [9.17, 15) is 19.2 Å². The molecule has 0 aromatic rings. The second-order valence-electron chi connectivity index (χ2n) is 10.9. The van der Waals surface area contributed by atoms with E-state index in [2.05, 4.69) is 16.7 Å². The van der Waals surface area contributed by atoms with E-state index in [1.54, 1.807) is 11.8 Å². The summed E-state index contributed by atoms with van der Waals surface area (Å²) in [6.45, 7) is 4.43. The minimum absolute atomic E-state index is 0.0926. The molecule has 1 saturated heterocycles. The molecule has 4 rings (SSSR count). The average molecular weight is 504 g/mol. The van der Waals surface area contributed by atoms with Crippen LogP contribution in [0.15, 0.2) is 12.2 Å². The van der Waals surface area contributed by atoms with Gasteiger partial charge in [0.05, 0.1) is 6.61 Å². The predicted molar refractivity (Wildman–Crippen MR) is 133 cm³/mol. The van der Waals surface area contributed by atoms with Gasteiger partial charge in [0, 0.05) is 12.5 Å². The molecule has 36 heavy (non-hydrogen) atoms. The number of amides is 3. The fraction of sp³-hybridized carbons (Fsp3) is 0.778. The van der Waals surface area contributed by atoms with Crippen LogP contribution in [0.25, 0.3) is 0 Å². The van der Waals surface area contributed by atoms with E-state index < -0.39 is 29.7 Å². The predicted octanol–water partition coefficient (Wildman–Crippen LogP) is 3.22. The summed E-state index contributed by atoms with van der Waals surface area (Å²) < 4.78 is 10.9. The molecule has 5 atom stereocenters. The van der Waals surface area contributed by atoms with Crippen molar-refractivity contribution in [1.82, 2.24) is 15.5 Å². The maximum atomic E-state index is 13.7. The van der Waals surface area contributed by atoms with Gasteiger partial charge in [0.15, 0.2) is 0 Å². The minimum atomic E-state index is -1.06. The number of hydrogen-bond donors (Lipinski definition) is 2. The van der Waals surface area contributed by atoms with E-state index in [0.717, 1.165) is 51.4 Å². The molecule has 0 aromatic carbocycles. The van der Waals surface area contributed by atoms with Crippen LogP contribution in [0, 0.1) is 11.8 Å². The molecule has 2 aliphatic heterocycles. The smallest absolute Gasteiger partial charge is 0.408 e. The van der Waals surface area contributed by atoms with Crippen LogP contribution in [0.4, 0.5) is 4.79 Å². The zero-order chi connectivity index (χ0) is 25.7. The molecule has 200 valence electrons. The number of rotatable bonds is 4. The number of allylic oxidation sites excluding steroid dienone is 1. The molecule has 2 heterocycles. The van der Waals surface area contributed by atoms with E-state index in [1.165, 1.54) is 0 Å². The third kappa shape index (κ3) is 6.03. The Morgan fingerprint density at radius 3 is 2.64 bits per heavy atom. The van der Waals surface area contributed by atoms with Crippen molar-refractivity contribution in [3.63, 3.8) is 0 Å². The molecule has 9 nitrogen and oxygen atoms in total. The van der Waals surface area contributed by atoms with Gasteiger partial charge in [0.1, 0.15) is 23.7 Å². The first-order chi connectivity index (χ1) is 17.3. The maximum absolute atomic E-state index is 13.7. The number of nitrogens with one attached hydrogen (secondary N) is 2. The number of carbonyl (C=O) groups is 4. The molecule has 4 aliphatic rings. The highest BCUT2D eigenvalue weighted by Gasteiger charge is 2.62. The lowest BCUT2D eigenvalue weighted by Crippen LogP contribution is -2.56. The van der Waals surface area contributed by atoms with Crippen LogP contribution in [0.1, 0.15) is 84.5 Å². The summed E-state index contributed by atoms with van der Waals surface area (Å²) in [6, 6.07) is -1.43. The molecule has 1 unspecified atom stereocenters. The van der Waals surface area contributed by atoms with Gasteiger partial charge in [-0.1, -0.05) is 31.9 Å². The number of nitrogens with zero attached hydrogens (tertiary/aromatic N) is 1. The van der Waals surface area contributed by atoms with Gasteiger partial charge in [0.2, 0.25) is 11.8 Å². The van der Waals surface area contributed by atoms with Gasteiger partial charge in [-0.05, 0) is 70.6 Å². The SMILES string of the molecule is CCOC(=O)[C@@]12CC1/C=C\CCCCC[C@H](NC(=O)OC1CCCC1)C(=O)N1C[C@@H](C)C[C@H]1C(=O)N2. The Morgan fingerprint density at radius 2 is 1.89 bits per heavy atom.